The van der Waals surface area contributed by atoms with Crippen molar-refractivity contribution in [3.05, 3.63) is 30.1 Å². The summed E-state index contributed by atoms with van der Waals surface area (Å²) >= 11 is 0. The number of para-hydroxylation sites is 1. The number of carbonyl (C=O) groups is 2. The highest BCUT2D eigenvalue weighted by Crippen LogP contribution is 2.25. The molecule has 1 aromatic rings. The summed E-state index contributed by atoms with van der Waals surface area (Å²) in [7, 11) is 0. The van der Waals surface area contributed by atoms with Crippen LogP contribution in [-0.2, 0) is 9.53 Å². The second-order valence-electron chi connectivity index (χ2n) is 6.69. The van der Waals surface area contributed by atoms with Crippen LogP contribution < -0.4 is 4.74 Å². The van der Waals surface area contributed by atoms with E-state index in [1.165, 1.54) is 6.07 Å². The molecule has 0 radical (unpaired) electrons. The molecule has 6 nitrogen and oxygen atoms in total. The summed E-state index contributed by atoms with van der Waals surface area (Å²) in [5, 5.41) is 0. The molecule has 2 fully saturated rings. The third-order valence-electron chi connectivity index (χ3n) is 5.10. The van der Waals surface area contributed by atoms with Crippen molar-refractivity contribution in [1.29, 1.82) is 0 Å². The Hall–Kier alpha value is -2.31. The summed E-state index contributed by atoms with van der Waals surface area (Å²) in [6, 6.07) is 6.44. The number of ether oxygens (including phenoxy) is 2. The van der Waals surface area contributed by atoms with Crippen LogP contribution in [0.1, 0.15) is 32.6 Å². The van der Waals surface area contributed by atoms with Gasteiger partial charge in [-0.2, -0.15) is 0 Å². The van der Waals surface area contributed by atoms with Crippen molar-refractivity contribution < 1.29 is 23.5 Å². The number of carbonyl (C=O) groups excluding carboxylic acids is 2. The molecular formula is C19H25FN2O4. The van der Waals surface area contributed by atoms with Crippen molar-refractivity contribution in [1.82, 2.24) is 9.80 Å². The normalized spacial score (nSPS) is 21.0. The summed E-state index contributed by atoms with van der Waals surface area (Å²) in [6.45, 7) is 3.89. The molecule has 1 atom stereocenters. The third-order valence-corrected chi connectivity index (χ3v) is 5.10. The summed E-state index contributed by atoms with van der Waals surface area (Å²) < 4.78 is 24.0. The van der Waals surface area contributed by atoms with Crippen LogP contribution in [0.2, 0.25) is 0 Å². The lowest BCUT2D eigenvalue weighted by Gasteiger charge is -2.37. The molecular weight excluding hydrogens is 339 g/mol. The molecule has 26 heavy (non-hydrogen) atoms. The van der Waals surface area contributed by atoms with Crippen molar-refractivity contribution >= 4 is 12.0 Å². The molecule has 0 aromatic heterocycles. The minimum atomic E-state index is -0.427. The van der Waals surface area contributed by atoms with Crippen LogP contribution in [-0.4, -0.2) is 60.2 Å². The van der Waals surface area contributed by atoms with Gasteiger partial charge in [0.05, 0.1) is 19.1 Å². The molecule has 2 aliphatic heterocycles. The van der Waals surface area contributed by atoms with Gasteiger partial charge in [0.2, 0.25) is 5.91 Å². The maximum Gasteiger partial charge on any atom is 0.410 e. The molecule has 2 amide bonds. The van der Waals surface area contributed by atoms with Crippen LogP contribution in [0.4, 0.5) is 9.18 Å². The number of piperidine rings is 1. The van der Waals surface area contributed by atoms with Crippen molar-refractivity contribution in [3.8, 4) is 5.75 Å². The molecule has 0 spiro atoms. The smallest absolute Gasteiger partial charge is 0.410 e. The summed E-state index contributed by atoms with van der Waals surface area (Å²) in [5.41, 5.74) is 0. The Labute approximate surface area is 152 Å². The number of cyclic esters (lactones) is 1. The molecule has 2 heterocycles. The van der Waals surface area contributed by atoms with Crippen LogP contribution >= 0.6 is 0 Å². The predicted molar refractivity (Wildman–Crippen MR) is 93.4 cm³/mol. The standard InChI is InChI=1S/C19H25FN2O4/c1-2-14-13-26-19(24)22(14)15-7-10-21(11-8-15)18(23)9-12-25-17-6-4-3-5-16(17)20/h3-6,14-15H,2,7-13H2,1H3. The van der Waals surface area contributed by atoms with Crippen molar-refractivity contribution in [3.63, 3.8) is 0 Å². The monoisotopic (exact) mass is 364 g/mol. The van der Waals surface area contributed by atoms with Gasteiger partial charge >= 0.3 is 6.09 Å². The van der Waals surface area contributed by atoms with E-state index >= 15 is 0 Å². The van der Waals surface area contributed by atoms with Gasteiger partial charge in [-0.25, -0.2) is 9.18 Å². The fraction of sp³-hybridized carbons (Fsp3) is 0.579. The maximum atomic E-state index is 13.5. The van der Waals surface area contributed by atoms with E-state index < -0.39 is 5.82 Å². The number of amides is 2. The van der Waals surface area contributed by atoms with Gasteiger partial charge in [0, 0.05) is 19.1 Å². The van der Waals surface area contributed by atoms with Crippen molar-refractivity contribution in [2.75, 3.05) is 26.3 Å². The van der Waals surface area contributed by atoms with Gasteiger partial charge in [-0.3, -0.25) is 9.69 Å². The minimum absolute atomic E-state index is 0.00386. The van der Waals surface area contributed by atoms with Crippen LogP contribution in [0.15, 0.2) is 24.3 Å². The first-order valence-corrected chi connectivity index (χ1v) is 9.20. The molecule has 0 N–H and O–H groups in total. The largest absolute Gasteiger partial charge is 0.490 e. The van der Waals surface area contributed by atoms with E-state index in [9.17, 15) is 14.0 Å². The van der Waals surface area contributed by atoms with Crippen LogP contribution in [0.25, 0.3) is 0 Å². The number of benzene rings is 1. The van der Waals surface area contributed by atoms with Gasteiger partial charge in [0.1, 0.15) is 6.61 Å². The van der Waals surface area contributed by atoms with Crippen molar-refractivity contribution in [2.24, 2.45) is 0 Å². The molecule has 1 unspecified atom stereocenters. The molecule has 0 aliphatic carbocycles. The van der Waals surface area contributed by atoms with Gasteiger partial charge in [-0.05, 0) is 31.4 Å². The number of hydrogen-bond acceptors (Lipinski definition) is 4. The zero-order valence-corrected chi connectivity index (χ0v) is 15.0. The minimum Gasteiger partial charge on any atom is -0.490 e. The lowest BCUT2D eigenvalue weighted by molar-refractivity contribution is -0.133. The Kier molecular flexibility index (Phi) is 5.96. The second-order valence-corrected chi connectivity index (χ2v) is 6.69. The SMILES string of the molecule is CCC1COC(=O)N1C1CCN(C(=O)CCOc2ccccc2F)CC1. The predicted octanol–water partition coefficient (Wildman–Crippen LogP) is 2.82. The van der Waals surface area contributed by atoms with Gasteiger partial charge in [-0.1, -0.05) is 19.1 Å². The quantitative estimate of drug-likeness (QED) is 0.779. The number of hydrogen-bond donors (Lipinski definition) is 0. The van der Waals surface area contributed by atoms with E-state index in [4.69, 9.17) is 9.47 Å². The summed E-state index contributed by atoms with van der Waals surface area (Å²) in [5.74, 6) is -0.267. The lowest BCUT2D eigenvalue weighted by Crippen LogP contribution is -2.49. The van der Waals surface area contributed by atoms with Crippen molar-refractivity contribution in [2.45, 2.75) is 44.7 Å². The topological polar surface area (TPSA) is 59.1 Å². The Morgan fingerprint density at radius 3 is 2.73 bits per heavy atom. The van der Waals surface area contributed by atoms with E-state index in [1.54, 1.807) is 23.1 Å². The Bertz CT molecular complexity index is 646. The Morgan fingerprint density at radius 1 is 1.31 bits per heavy atom. The van der Waals surface area contributed by atoms with Crippen LogP contribution in [0.3, 0.4) is 0 Å². The summed E-state index contributed by atoms with van der Waals surface area (Å²) in [6.07, 6.45) is 2.36. The second kappa shape index (κ2) is 8.38. The highest BCUT2D eigenvalue weighted by Gasteiger charge is 2.38. The average Bonchev–Trinajstić information content (AvgIpc) is 3.04. The maximum absolute atomic E-state index is 13.5. The number of halogens is 1. The molecule has 142 valence electrons. The first-order chi connectivity index (χ1) is 12.6. The molecule has 0 bridgehead atoms. The van der Waals surface area contributed by atoms with Gasteiger partial charge in [0.25, 0.3) is 0 Å². The average molecular weight is 364 g/mol. The summed E-state index contributed by atoms with van der Waals surface area (Å²) in [4.78, 5) is 27.9. The first kappa shape index (κ1) is 18.5. The fourth-order valence-corrected chi connectivity index (χ4v) is 3.59. The van der Waals surface area contributed by atoms with Crippen LogP contribution in [0.5, 0.6) is 5.75 Å². The van der Waals surface area contributed by atoms with E-state index in [-0.39, 0.29) is 42.9 Å². The van der Waals surface area contributed by atoms with E-state index in [0.29, 0.717) is 19.7 Å². The fourth-order valence-electron chi connectivity index (χ4n) is 3.59. The molecule has 3 rings (SSSR count). The van der Waals surface area contributed by atoms with Gasteiger partial charge in [-0.15, -0.1) is 0 Å². The lowest BCUT2D eigenvalue weighted by atomic mass is 10.0. The Morgan fingerprint density at radius 2 is 2.04 bits per heavy atom. The van der Waals surface area contributed by atoms with Gasteiger partial charge < -0.3 is 14.4 Å². The highest BCUT2D eigenvalue weighted by atomic mass is 19.1. The zero-order valence-electron chi connectivity index (χ0n) is 15.0. The van der Waals surface area contributed by atoms with Crippen LogP contribution in [0, 0.1) is 5.82 Å². The first-order valence-electron chi connectivity index (χ1n) is 9.20. The van der Waals surface area contributed by atoms with E-state index in [2.05, 4.69) is 0 Å². The number of nitrogens with zero attached hydrogens (tertiary/aromatic N) is 2. The zero-order chi connectivity index (χ0) is 18.5. The molecule has 7 heteroatoms. The van der Waals surface area contributed by atoms with E-state index in [1.807, 2.05) is 11.8 Å². The molecule has 0 saturated carbocycles. The highest BCUT2D eigenvalue weighted by molar-refractivity contribution is 5.76. The Balaban J connectivity index is 1.43. The van der Waals surface area contributed by atoms with E-state index in [0.717, 1.165) is 19.3 Å². The molecule has 2 aliphatic rings. The molecule has 2 saturated heterocycles. The number of rotatable bonds is 6. The van der Waals surface area contributed by atoms with Gasteiger partial charge in [0.15, 0.2) is 11.6 Å². The third kappa shape index (κ3) is 4.08. The number of likely N-dealkylation sites (tertiary alicyclic amines) is 1. The molecule has 1 aromatic carbocycles.